The highest BCUT2D eigenvalue weighted by Crippen LogP contribution is 2.29. The van der Waals surface area contributed by atoms with Gasteiger partial charge < -0.3 is 10.2 Å². The topological polar surface area (TPSA) is 45.2 Å². The van der Waals surface area contributed by atoms with Crippen molar-refractivity contribution in [3.05, 3.63) is 76.4 Å². The lowest BCUT2D eigenvalue weighted by Gasteiger charge is -2.32. The van der Waals surface area contributed by atoms with Crippen molar-refractivity contribution in [2.75, 3.05) is 26.2 Å². The maximum absolute atomic E-state index is 12.9. The number of rotatable bonds is 7. The number of carbonyl (C=O) groups excluding carboxylic acids is 1. The standard InChI is InChI=1S/C29H34ClN3O/c30-26-11-10-24-17-23-8-9-25(18-27(23)32-28(24)19-26)29(34)31-20-22-12-15-33(16-13-22)14-4-7-21-5-2-1-3-6-21/h1-3,5-6,10-11,17,19,22,25H,4,7-9,12-16,18,20H2,(H,31,34). The van der Waals surface area contributed by atoms with Crippen LogP contribution in [0, 0.1) is 11.8 Å². The molecule has 178 valence electrons. The Balaban J connectivity index is 1.05. The fraction of sp³-hybridized carbons (Fsp3) is 0.448. The van der Waals surface area contributed by atoms with Gasteiger partial charge in [-0.3, -0.25) is 9.78 Å². The molecule has 1 amide bonds. The van der Waals surface area contributed by atoms with E-state index >= 15 is 0 Å². The van der Waals surface area contributed by atoms with Crippen LogP contribution in [-0.2, 0) is 24.1 Å². The van der Waals surface area contributed by atoms with E-state index in [9.17, 15) is 4.79 Å². The van der Waals surface area contributed by atoms with Gasteiger partial charge in [-0.15, -0.1) is 0 Å². The van der Waals surface area contributed by atoms with Gasteiger partial charge >= 0.3 is 0 Å². The molecular formula is C29H34ClN3O. The Kier molecular flexibility index (Phi) is 7.46. The molecular weight excluding hydrogens is 442 g/mol. The SMILES string of the molecule is O=C(NCC1CCN(CCCc2ccccc2)CC1)C1CCc2cc3ccc(Cl)cc3nc2C1. The van der Waals surface area contributed by atoms with Gasteiger partial charge in [0.1, 0.15) is 0 Å². The van der Waals surface area contributed by atoms with Gasteiger partial charge in [0.25, 0.3) is 0 Å². The number of hydrogen-bond acceptors (Lipinski definition) is 3. The van der Waals surface area contributed by atoms with Gasteiger partial charge in [-0.2, -0.15) is 0 Å². The molecule has 1 N–H and O–H groups in total. The Bertz CT molecular complexity index is 1120. The van der Waals surface area contributed by atoms with Crippen molar-refractivity contribution in [1.29, 1.82) is 0 Å². The number of pyridine rings is 1. The minimum atomic E-state index is 0.0229. The van der Waals surface area contributed by atoms with Crippen LogP contribution in [0.2, 0.25) is 5.02 Å². The third kappa shape index (κ3) is 5.79. The van der Waals surface area contributed by atoms with Gasteiger partial charge in [0.2, 0.25) is 5.91 Å². The predicted octanol–water partition coefficient (Wildman–Crippen LogP) is 5.45. The first kappa shape index (κ1) is 23.3. The molecule has 4 nitrogen and oxygen atoms in total. The van der Waals surface area contributed by atoms with Crippen LogP contribution in [0.4, 0.5) is 0 Å². The van der Waals surface area contributed by atoms with Gasteiger partial charge in [0.05, 0.1) is 5.52 Å². The molecule has 0 bridgehead atoms. The first-order valence-corrected chi connectivity index (χ1v) is 13.1. The maximum Gasteiger partial charge on any atom is 0.223 e. The van der Waals surface area contributed by atoms with Gasteiger partial charge in [-0.25, -0.2) is 0 Å². The van der Waals surface area contributed by atoms with Crippen LogP contribution in [0.1, 0.15) is 42.5 Å². The van der Waals surface area contributed by atoms with Crippen LogP contribution in [0.25, 0.3) is 10.9 Å². The van der Waals surface area contributed by atoms with Crippen LogP contribution in [0.15, 0.2) is 54.6 Å². The summed E-state index contributed by atoms with van der Waals surface area (Å²) in [7, 11) is 0. The summed E-state index contributed by atoms with van der Waals surface area (Å²) in [6, 6.07) is 18.8. The van der Waals surface area contributed by atoms with Gasteiger partial charge in [0, 0.05) is 35.0 Å². The zero-order chi connectivity index (χ0) is 23.3. The average molecular weight is 476 g/mol. The molecule has 1 fully saturated rings. The smallest absolute Gasteiger partial charge is 0.223 e. The number of piperidine rings is 1. The molecule has 2 aromatic carbocycles. The molecule has 3 aromatic rings. The number of carbonyl (C=O) groups is 1. The summed E-state index contributed by atoms with van der Waals surface area (Å²) in [6.07, 6.45) is 7.26. The number of nitrogens with one attached hydrogen (secondary N) is 1. The number of aryl methyl sites for hydroxylation is 2. The molecule has 5 heteroatoms. The Morgan fingerprint density at radius 1 is 1.06 bits per heavy atom. The summed E-state index contributed by atoms with van der Waals surface area (Å²) in [5.41, 5.74) is 4.68. The molecule has 2 heterocycles. The van der Waals surface area contributed by atoms with E-state index in [2.05, 4.69) is 46.6 Å². The number of nitrogens with zero attached hydrogens (tertiary/aromatic N) is 2. The number of hydrogen-bond donors (Lipinski definition) is 1. The molecule has 0 radical (unpaired) electrons. The monoisotopic (exact) mass is 475 g/mol. The highest BCUT2D eigenvalue weighted by atomic mass is 35.5. The first-order valence-electron chi connectivity index (χ1n) is 12.8. The minimum Gasteiger partial charge on any atom is -0.356 e. The highest BCUT2D eigenvalue weighted by Gasteiger charge is 2.27. The highest BCUT2D eigenvalue weighted by molar-refractivity contribution is 6.31. The maximum atomic E-state index is 12.9. The number of halogens is 1. The molecule has 1 saturated heterocycles. The van der Waals surface area contributed by atoms with E-state index in [-0.39, 0.29) is 11.8 Å². The average Bonchev–Trinajstić information content (AvgIpc) is 2.87. The molecule has 0 saturated carbocycles. The zero-order valence-electron chi connectivity index (χ0n) is 19.8. The molecule has 1 aromatic heterocycles. The summed E-state index contributed by atoms with van der Waals surface area (Å²) in [4.78, 5) is 20.4. The largest absolute Gasteiger partial charge is 0.356 e. The van der Waals surface area contributed by atoms with Crippen LogP contribution in [0.5, 0.6) is 0 Å². The van der Waals surface area contributed by atoms with Crippen molar-refractivity contribution in [1.82, 2.24) is 15.2 Å². The van der Waals surface area contributed by atoms with E-state index in [0.29, 0.717) is 10.9 Å². The fourth-order valence-electron chi connectivity index (χ4n) is 5.46. The Hall–Kier alpha value is -2.43. The molecule has 2 aliphatic rings. The fourth-order valence-corrected chi connectivity index (χ4v) is 5.63. The summed E-state index contributed by atoms with van der Waals surface area (Å²) < 4.78 is 0. The van der Waals surface area contributed by atoms with Crippen molar-refractivity contribution in [3.63, 3.8) is 0 Å². The van der Waals surface area contributed by atoms with Crippen LogP contribution in [-0.4, -0.2) is 42.0 Å². The van der Waals surface area contributed by atoms with Crippen LogP contribution in [0.3, 0.4) is 0 Å². The Morgan fingerprint density at radius 3 is 2.71 bits per heavy atom. The Labute approximate surface area is 207 Å². The summed E-state index contributed by atoms with van der Waals surface area (Å²) in [5, 5.41) is 5.10. The van der Waals surface area contributed by atoms with E-state index in [0.717, 1.165) is 61.9 Å². The second kappa shape index (κ2) is 10.9. The second-order valence-corrected chi connectivity index (χ2v) is 10.4. The molecule has 1 unspecified atom stereocenters. The van der Waals surface area contributed by atoms with Gasteiger partial charge in [-0.05, 0) is 93.4 Å². The number of amides is 1. The van der Waals surface area contributed by atoms with E-state index in [4.69, 9.17) is 16.6 Å². The summed E-state index contributed by atoms with van der Waals surface area (Å²) in [6.45, 7) is 4.26. The second-order valence-electron chi connectivity index (χ2n) is 9.99. The molecule has 5 rings (SSSR count). The third-order valence-corrected chi connectivity index (χ3v) is 7.81. The van der Waals surface area contributed by atoms with Gasteiger partial charge in [0.15, 0.2) is 0 Å². The zero-order valence-corrected chi connectivity index (χ0v) is 20.6. The first-order chi connectivity index (χ1) is 16.6. The quantitative estimate of drug-likeness (QED) is 0.494. The van der Waals surface area contributed by atoms with Crippen molar-refractivity contribution in [2.24, 2.45) is 11.8 Å². The van der Waals surface area contributed by atoms with Crippen molar-refractivity contribution < 1.29 is 4.79 Å². The molecule has 1 aliphatic heterocycles. The summed E-state index contributed by atoms with van der Waals surface area (Å²) in [5.74, 6) is 0.813. The lowest BCUT2D eigenvalue weighted by molar-refractivity contribution is -0.125. The predicted molar refractivity (Wildman–Crippen MR) is 139 cm³/mol. The van der Waals surface area contributed by atoms with Crippen molar-refractivity contribution >= 4 is 28.4 Å². The number of aromatic nitrogens is 1. The normalized spacial score (nSPS) is 19.1. The van der Waals surface area contributed by atoms with E-state index in [1.807, 2.05) is 18.2 Å². The number of benzene rings is 2. The van der Waals surface area contributed by atoms with E-state index < -0.39 is 0 Å². The number of fused-ring (bicyclic) bond motifs is 2. The molecule has 1 atom stereocenters. The minimum absolute atomic E-state index is 0.0229. The molecule has 0 spiro atoms. The van der Waals surface area contributed by atoms with Crippen molar-refractivity contribution in [2.45, 2.75) is 44.9 Å². The molecule has 34 heavy (non-hydrogen) atoms. The van der Waals surface area contributed by atoms with Crippen LogP contribution < -0.4 is 5.32 Å². The van der Waals surface area contributed by atoms with E-state index in [1.165, 1.54) is 36.9 Å². The molecule has 1 aliphatic carbocycles. The number of likely N-dealkylation sites (tertiary alicyclic amines) is 1. The Morgan fingerprint density at radius 2 is 1.88 bits per heavy atom. The lowest BCUT2D eigenvalue weighted by atomic mass is 9.85. The lowest BCUT2D eigenvalue weighted by Crippen LogP contribution is -2.41. The van der Waals surface area contributed by atoms with Crippen LogP contribution >= 0.6 is 11.6 Å². The van der Waals surface area contributed by atoms with Crippen molar-refractivity contribution in [3.8, 4) is 0 Å². The summed E-state index contributed by atoms with van der Waals surface area (Å²) >= 11 is 6.15. The van der Waals surface area contributed by atoms with E-state index in [1.54, 1.807) is 0 Å². The van der Waals surface area contributed by atoms with Gasteiger partial charge in [-0.1, -0.05) is 48.0 Å². The third-order valence-electron chi connectivity index (χ3n) is 7.58.